The molecule has 0 aliphatic carbocycles. The van der Waals surface area contributed by atoms with Crippen LogP contribution in [0.1, 0.15) is 20.7 Å². The number of hydrogen-bond acceptors (Lipinski definition) is 6. The van der Waals surface area contributed by atoms with Crippen molar-refractivity contribution in [1.82, 2.24) is 15.0 Å². The van der Waals surface area contributed by atoms with E-state index in [4.69, 9.17) is 15.0 Å². The molecule has 0 fully saturated rings. The third-order valence-corrected chi connectivity index (χ3v) is 14.4. The Morgan fingerprint density at radius 1 is 0.362 bits per heavy atom. The third kappa shape index (κ3) is 5.82. The maximum Gasteiger partial charge on any atom is 0.335 e. The van der Waals surface area contributed by atoms with Crippen molar-refractivity contribution in [2.75, 3.05) is 4.90 Å². The molecule has 10 aromatic rings. The molecule has 0 amide bonds. The van der Waals surface area contributed by atoms with Gasteiger partial charge >= 0.3 is 11.9 Å². The quantitative estimate of drug-likeness (QED) is 0.153. The molecule has 0 saturated heterocycles. The second kappa shape index (κ2) is 14.7. The second-order valence-corrected chi connectivity index (χ2v) is 18.1. The molecule has 0 bridgehead atoms. The van der Waals surface area contributed by atoms with Crippen LogP contribution in [0.5, 0.6) is 0 Å². The molecule has 0 saturated carbocycles. The van der Waals surface area contributed by atoms with Crippen LogP contribution < -0.4 is 37.7 Å². The molecular formula is C59H34B2N4O4. The molecule has 8 nitrogen and oxygen atoms in total. The molecule has 2 N–H and O–H groups in total. The predicted octanol–water partition coefficient (Wildman–Crippen LogP) is 8.69. The number of rotatable bonds is 7. The van der Waals surface area contributed by atoms with Crippen LogP contribution in [0, 0.1) is 0 Å². The average Bonchev–Trinajstić information content (AvgIpc) is 3.92. The van der Waals surface area contributed by atoms with Crippen molar-refractivity contribution in [3.05, 3.63) is 205 Å². The largest absolute Gasteiger partial charge is 0.478 e. The van der Waals surface area contributed by atoms with Crippen molar-refractivity contribution in [3.8, 4) is 78.7 Å². The highest BCUT2D eigenvalue weighted by atomic mass is 16.4. The van der Waals surface area contributed by atoms with Gasteiger partial charge in [0.2, 0.25) is 13.4 Å². The van der Waals surface area contributed by atoms with E-state index in [9.17, 15) is 19.8 Å². The van der Waals surface area contributed by atoms with Gasteiger partial charge in [0.25, 0.3) is 0 Å². The Labute approximate surface area is 397 Å². The topological polar surface area (TPSA) is 117 Å². The fourth-order valence-electron chi connectivity index (χ4n) is 11.4. The van der Waals surface area contributed by atoms with Gasteiger partial charge in [0.15, 0.2) is 17.5 Å². The first-order valence-corrected chi connectivity index (χ1v) is 22.9. The van der Waals surface area contributed by atoms with Crippen LogP contribution in [0.4, 0.5) is 17.1 Å². The maximum atomic E-state index is 11.7. The van der Waals surface area contributed by atoms with Crippen molar-refractivity contribution >= 4 is 75.2 Å². The Morgan fingerprint density at radius 2 is 0.768 bits per heavy atom. The summed E-state index contributed by atoms with van der Waals surface area (Å²) in [7, 11) is 0. The fourth-order valence-corrected chi connectivity index (χ4v) is 11.4. The van der Waals surface area contributed by atoms with Gasteiger partial charge in [0, 0.05) is 33.8 Å². The Hall–Kier alpha value is -9.14. The number of aromatic carboxylic acids is 2. The summed E-state index contributed by atoms with van der Waals surface area (Å²) in [5.74, 6) is -0.120. The van der Waals surface area contributed by atoms with Gasteiger partial charge in [-0.25, -0.2) is 24.5 Å². The number of fused-ring (bicyclic) bond motifs is 10. The minimum atomic E-state index is -0.948. The zero-order valence-electron chi connectivity index (χ0n) is 36.6. The SMILES string of the molecule is O=C(O)c1ccc(-c2ccc3c(c2)-c2cccc4c2B3c2cc(-c3nc(-c5ccccc5)nc(-c5ccccc5)n3)cc3c2N4c2cccc4c2B3c2ccc(-c3ccc(C(=O)O)cc3)cc2-4)cc1. The van der Waals surface area contributed by atoms with Crippen molar-refractivity contribution in [3.63, 3.8) is 0 Å². The number of aromatic nitrogens is 3. The molecule has 69 heavy (non-hydrogen) atoms. The van der Waals surface area contributed by atoms with Crippen molar-refractivity contribution in [2.24, 2.45) is 0 Å². The molecule has 5 heterocycles. The van der Waals surface area contributed by atoms with E-state index in [0.29, 0.717) is 17.5 Å². The lowest BCUT2D eigenvalue weighted by Gasteiger charge is -2.42. The number of nitrogens with zero attached hydrogens (tertiary/aromatic N) is 4. The van der Waals surface area contributed by atoms with Gasteiger partial charge in [0.1, 0.15) is 0 Å². The molecule has 1 aromatic heterocycles. The fraction of sp³-hybridized carbons (Fsp3) is 0. The Kier molecular flexibility index (Phi) is 8.31. The lowest BCUT2D eigenvalue weighted by Crippen LogP contribution is -2.63. The van der Waals surface area contributed by atoms with Gasteiger partial charge in [-0.05, 0) is 115 Å². The summed E-state index contributed by atoms with van der Waals surface area (Å²) in [6, 6.07) is 65.7. The summed E-state index contributed by atoms with van der Waals surface area (Å²) >= 11 is 0. The summed E-state index contributed by atoms with van der Waals surface area (Å²) in [6.07, 6.45) is 0. The molecule has 0 atom stereocenters. The lowest BCUT2D eigenvalue weighted by atomic mass is 9.32. The van der Waals surface area contributed by atoms with Gasteiger partial charge in [-0.1, -0.05) is 157 Å². The van der Waals surface area contributed by atoms with Gasteiger partial charge in [-0.15, -0.1) is 0 Å². The van der Waals surface area contributed by atoms with Crippen LogP contribution in [-0.4, -0.2) is 50.5 Å². The number of carbonyl (C=O) groups is 2. The van der Waals surface area contributed by atoms with E-state index < -0.39 is 11.9 Å². The number of hydrogen-bond donors (Lipinski definition) is 2. The van der Waals surface area contributed by atoms with Crippen molar-refractivity contribution in [2.45, 2.75) is 0 Å². The number of benzene rings is 9. The zero-order chi connectivity index (χ0) is 46.1. The van der Waals surface area contributed by atoms with E-state index >= 15 is 0 Å². The summed E-state index contributed by atoms with van der Waals surface area (Å²) in [6.45, 7) is -0.212. The minimum Gasteiger partial charge on any atom is -0.478 e. The molecule has 14 rings (SSSR count). The van der Waals surface area contributed by atoms with E-state index in [2.05, 4.69) is 89.8 Å². The number of carboxylic acid groups (broad SMARTS) is 2. The maximum absolute atomic E-state index is 11.7. The van der Waals surface area contributed by atoms with E-state index in [1.807, 2.05) is 84.9 Å². The molecule has 0 spiro atoms. The summed E-state index contributed by atoms with van der Waals surface area (Å²) in [4.78, 5) is 41.6. The van der Waals surface area contributed by atoms with Crippen molar-refractivity contribution < 1.29 is 19.8 Å². The monoisotopic (exact) mass is 884 g/mol. The summed E-state index contributed by atoms with van der Waals surface area (Å²) < 4.78 is 0. The highest BCUT2D eigenvalue weighted by Gasteiger charge is 2.50. The second-order valence-electron chi connectivity index (χ2n) is 18.1. The van der Waals surface area contributed by atoms with Gasteiger partial charge < -0.3 is 15.1 Å². The van der Waals surface area contributed by atoms with Crippen LogP contribution in [-0.2, 0) is 0 Å². The first-order valence-electron chi connectivity index (χ1n) is 22.9. The smallest absolute Gasteiger partial charge is 0.335 e. The molecule has 0 radical (unpaired) electrons. The van der Waals surface area contributed by atoms with E-state index in [0.717, 1.165) is 67.1 Å². The minimum absolute atomic E-state index is 0.106. The highest BCUT2D eigenvalue weighted by Crippen LogP contribution is 2.45. The first kappa shape index (κ1) is 39.1. The first-order chi connectivity index (χ1) is 33.9. The van der Waals surface area contributed by atoms with Crippen LogP contribution in [0.15, 0.2) is 194 Å². The van der Waals surface area contributed by atoms with Gasteiger partial charge in [-0.3, -0.25) is 0 Å². The van der Waals surface area contributed by atoms with Crippen LogP contribution in [0.25, 0.3) is 78.7 Å². The van der Waals surface area contributed by atoms with E-state index in [1.54, 1.807) is 24.3 Å². The van der Waals surface area contributed by atoms with Crippen molar-refractivity contribution in [1.29, 1.82) is 0 Å². The Bertz CT molecular complexity index is 3620. The van der Waals surface area contributed by atoms with E-state index in [-0.39, 0.29) is 24.6 Å². The molecule has 320 valence electrons. The van der Waals surface area contributed by atoms with Crippen LogP contribution >= 0.6 is 0 Å². The zero-order valence-corrected chi connectivity index (χ0v) is 36.6. The standard InChI is InChI=1S/C59H34B2N4O4/c66-58(67)37-21-17-33(18-22-37)39-25-27-46-44(29-39)42-13-7-15-50-52(42)60(46)48-31-41(57-63-55(35-9-3-1-4-10-35)62-56(64-57)36-11-5-2-6-12-36)32-49-54(48)65(50)51-16-8-14-43-45-30-40(26-28-47(45)61(49)53(43)51)34-19-23-38(24-20-34)59(68)69/h1-32H,(H,66,67)(H,68,69). The van der Waals surface area contributed by atoms with E-state index in [1.165, 1.54) is 43.9 Å². The van der Waals surface area contributed by atoms with Gasteiger partial charge in [0.05, 0.1) is 11.1 Å². The molecule has 4 aliphatic heterocycles. The van der Waals surface area contributed by atoms with Crippen LogP contribution in [0.3, 0.4) is 0 Å². The highest BCUT2D eigenvalue weighted by molar-refractivity contribution is 7.05. The summed E-state index contributed by atoms with van der Waals surface area (Å²) in [5, 5.41) is 19.3. The predicted molar refractivity (Wildman–Crippen MR) is 276 cm³/mol. The third-order valence-electron chi connectivity index (χ3n) is 14.4. The number of carboxylic acids is 2. The Morgan fingerprint density at radius 3 is 1.19 bits per heavy atom. The lowest BCUT2D eigenvalue weighted by molar-refractivity contribution is 0.0686. The number of anilines is 3. The molecule has 0 unspecified atom stereocenters. The molecular weight excluding hydrogens is 850 g/mol. The Balaban J connectivity index is 1.02. The normalized spacial score (nSPS) is 12.8. The van der Waals surface area contributed by atoms with Gasteiger partial charge in [-0.2, -0.15) is 0 Å². The average molecular weight is 885 g/mol. The molecule has 4 aliphatic rings. The molecule has 9 aromatic carbocycles. The molecule has 10 heteroatoms. The van der Waals surface area contributed by atoms with Crippen LogP contribution in [0.2, 0.25) is 0 Å². The summed E-state index contributed by atoms with van der Waals surface area (Å²) in [5.41, 5.74) is 22.5.